The van der Waals surface area contributed by atoms with Crippen molar-refractivity contribution < 1.29 is 19.6 Å². The molecule has 0 amide bonds. The highest BCUT2D eigenvalue weighted by Gasteiger charge is 2.43. The lowest BCUT2D eigenvalue weighted by molar-refractivity contribution is -0.384. The number of anilines is 1. The van der Waals surface area contributed by atoms with Crippen molar-refractivity contribution in [3.8, 4) is 5.75 Å². The standard InChI is InChI=1S/C14H18N2O5/c1-14(13(17)18)7-3-4-8-15(14)11-6-5-10(21-2)9-12(11)16(19)20/h5-6,9H,3-4,7-8H2,1-2H3,(H,17,18). The van der Waals surface area contributed by atoms with E-state index >= 15 is 0 Å². The maximum atomic E-state index is 11.6. The SMILES string of the molecule is COc1ccc(N2CCCCC2(C)C(=O)O)c([N+](=O)[O-])c1. The zero-order chi connectivity index (χ0) is 15.6. The number of nitro benzene ring substituents is 1. The second kappa shape index (κ2) is 5.59. The Kier molecular flexibility index (Phi) is 4.02. The summed E-state index contributed by atoms with van der Waals surface area (Å²) in [5.41, 5.74) is -0.938. The van der Waals surface area contributed by atoms with Crippen molar-refractivity contribution >= 4 is 17.3 Å². The van der Waals surface area contributed by atoms with Crippen LogP contribution in [0.4, 0.5) is 11.4 Å². The topological polar surface area (TPSA) is 92.9 Å². The number of benzene rings is 1. The lowest BCUT2D eigenvalue weighted by atomic mass is 9.87. The molecule has 1 saturated heterocycles. The molecule has 2 rings (SSSR count). The Bertz CT molecular complexity index is 574. The molecular formula is C14H18N2O5. The van der Waals surface area contributed by atoms with Crippen LogP contribution >= 0.6 is 0 Å². The number of ether oxygens (including phenoxy) is 1. The van der Waals surface area contributed by atoms with Gasteiger partial charge in [-0.3, -0.25) is 10.1 Å². The van der Waals surface area contributed by atoms with Crippen LogP contribution < -0.4 is 9.64 Å². The number of hydrogen-bond acceptors (Lipinski definition) is 5. The summed E-state index contributed by atoms with van der Waals surface area (Å²) >= 11 is 0. The molecule has 1 atom stereocenters. The third kappa shape index (κ3) is 2.63. The molecule has 0 spiro atoms. The number of carboxylic acid groups (broad SMARTS) is 1. The monoisotopic (exact) mass is 294 g/mol. The highest BCUT2D eigenvalue weighted by atomic mass is 16.6. The number of nitrogens with zero attached hydrogens (tertiary/aromatic N) is 2. The molecule has 114 valence electrons. The van der Waals surface area contributed by atoms with Crippen molar-refractivity contribution in [2.75, 3.05) is 18.6 Å². The predicted octanol–water partition coefficient (Wildman–Crippen LogP) is 2.44. The third-order valence-electron chi connectivity index (χ3n) is 4.02. The maximum Gasteiger partial charge on any atom is 0.329 e. The first-order chi connectivity index (χ1) is 9.90. The van der Waals surface area contributed by atoms with E-state index in [0.29, 0.717) is 24.4 Å². The number of piperidine rings is 1. The average Bonchev–Trinajstić information content (AvgIpc) is 2.47. The van der Waals surface area contributed by atoms with Crippen molar-refractivity contribution in [2.45, 2.75) is 31.7 Å². The summed E-state index contributed by atoms with van der Waals surface area (Å²) in [6.07, 6.45) is 2.07. The Hall–Kier alpha value is -2.31. The summed E-state index contributed by atoms with van der Waals surface area (Å²) in [5.74, 6) is -0.591. The van der Waals surface area contributed by atoms with Gasteiger partial charge in [-0.25, -0.2) is 4.79 Å². The molecule has 1 heterocycles. The molecule has 0 radical (unpaired) electrons. The minimum atomic E-state index is -1.13. The molecular weight excluding hydrogens is 276 g/mol. The zero-order valence-electron chi connectivity index (χ0n) is 12.0. The number of nitro groups is 1. The van der Waals surface area contributed by atoms with Crippen LogP contribution in [0.15, 0.2) is 18.2 Å². The van der Waals surface area contributed by atoms with Crippen LogP contribution in [-0.4, -0.2) is 35.2 Å². The van der Waals surface area contributed by atoms with Crippen molar-refractivity contribution in [2.24, 2.45) is 0 Å². The molecule has 1 unspecified atom stereocenters. The van der Waals surface area contributed by atoms with Crippen LogP contribution in [-0.2, 0) is 4.79 Å². The summed E-state index contributed by atoms with van der Waals surface area (Å²) < 4.78 is 5.01. The van der Waals surface area contributed by atoms with Gasteiger partial charge in [0.15, 0.2) is 0 Å². The number of aliphatic carboxylic acids is 1. The van der Waals surface area contributed by atoms with Gasteiger partial charge in [-0.15, -0.1) is 0 Å². The minimum absolute atomic E-state index is 0.135. The molecule has 7 heteroatoms. The molecule has 0 aliphatic carbocycles. The van der Waals surface area contributed by atoms with Gasteiger partial charge in [-0.2, -0.15) is 0 Å². The van der Waals surface area contributed by atoms with Gasteiger partial charge in [0.05, 0.1) is 18.1 Å². The molecule has 0 bridgehead atoms. The Balaban J connectivity index is 2.53. The molecule has 1 fully saturated rings. The first-order valence-electron chi connectivity index (χ1n) is 6.73. The first kappa shape index (κ1) is 15.1. The van der Waals surface area contributed by atoms with E-state index in [4.69, 9.17) is 4.74 Å². The Labute approximate surface area is 122 Å². The molecule has 1 aliphatic heterocycles. The Morgan fingerprint density at radius 1 is 1.48 bits per heavy atom. The van der Waals surface area contributed by atoms with Gasteiger partial charge in [0.2, 0.25) is 0 Å². The van der Waals surface area contributed by atoms with Gasteiger partial charge in [-0.1, -0.05) is 0 Å². The van der Waals surface area contributed by atoms with Gasteiger partial charge in [0.25, 0.3) is 5.69 Å². The van der Waals surface area contributed by atoms with Crippen molar-refractivity contribution in [1.82, 2.24) is 0 Å². The molecule has 0 saturated carbocycles. The highest BCUT2D eigenvalue weighted by Crippen LogP contribution is 2.39. The van der Waals surface area contributed by atoms with E-state index in [0.717, 1.165) is 12.8 Å². The average molecular weight is 294 g/mol. The van der Waals surface area contributed by atoms with E-state index in [1.165, 1.54) is 13.2 Å². The van der Waals surface area contributed by atoms with E-state index < -0.39 is 16.4 Å². The fourth-order valence-corrected chi connectivity index (χ4v) is 2.73. The van der Waals surface area contributed by atoms with E-state index in [9.17, 15) is 20.0 Å². The maximum absolute atomic E-state index is 11.6. The van der Waals surface area contributed by atoms with Gasteiger partial charge < -0.3 is 14.7 Å². The Morgan fingerprint density at radius 3 is 2.76 bits per heavy atom. The Morgan fingerprint density at radius 2 is 2.19 bits per heavy atom. The first-order valence-corrected chi connectivity index (χ1v) is 6.73. The van der Waals surface area contributed by atoms with Gasteiger partial charge in [-0.05, 0) is 38.3 Å². The lowest BCUT2D eigenvalue weighted by Gasteiger charge is -2.42. The largest absolute Gasteiger partial charge is 0.496 e. The molecule has 1 aromatic carbocycles. The van der Waals surface area contributed by atoms with Crippen LogP contribution in [0.25, 0.3) is 0 Å². The van der Waals surface area contributed by atoms with Crippen LogP contribution in [0.5, 0.6) is 5.75 Å². The minimum Gasteiger partial charge on any atom is -0.496 e. The van der Waals surface area contributed by atoms with Gasteiger partial charge in [0.1, 0.15) is 17.0 Å². The molecule has 1 aromatic rings. The summed E-state index contributed by atoms with van der Waals surface area (Å²) in [6, 6.07) is 4.49. The second-order valence-electron chi connectivity index (χ2n) is 5.30. The van der Waals surface area contributed by atoms with Crippen LogP contribution in [0.2, 0.25) is 0 Å². The van der Waals surface area contributed by atoms with Gasteiger partial charge >= 0.3 is 5.97 Å². The molecule has 21 heavy (non-hydrogen) atoms. The number of carbonyl (C=O) groups is 1. The highest BCUT2D eigenvalue weighted by molar-refractivity contribution is 5.85. The smallest absolute Gasteiger partial charge is 0.329 e. The number of carboxylic acids is 1. The second-order valence-corrected chi connectivity index (χ2v) is 5.30. The summed E-state index contributed by atoms with van der Waals surface area (Å²) in [4.78, 5) is 24.0. The van der Waals surface area contributed by atoms with Crippen molar-refractivity contribution in [3.63, 3.8) is 0 Å². The molecule has 1 N–H and O–H groups in total. The molecule has 0 aromatic heterocycles. The fourth-order valence-electron chi connectivity index (χ4n) is 2.73. The number of hydrogen-bond donors (Lipinski definition) is 1. The van der Waals surface area contributed by atoms with E-state index in [1.54, 1.807) is 24.0 Å². The normalized spacial score (nSPS) is 21.9. The van der Waals surface area contributed by atoms with Crippen molar-refractivity contribution in [1.29, 1.82) is 0 Å². The van der Waals surface area contributed by atoms with Crippen LogP contribution in [0, 0.1) is 10.1 Å². The fraction of sp³-hybridized carbons (Fsp3) is 0.500. The quantitative estimate of drug-likeness (QED) is 0.677. The summed E-state index contributed by atoms with van der Waals surface area (Å²) in [5, 5.41) is 20.8. The van der Waals surface area contributed by atoms with Crippen molar-refractivity contribution in [3.05, 3.63) is 28.3 Å². The molecule has 7 nitrogen and oxygen atoms in total. The summed E-state index contributed by atoms with van der Waals surface area (Å²) in [6.45, 7) is 2.10. The molecule has 1 aliphatic rings. The van der Waals surface area contributed by atoms with Crippen LogP contribution in [0.1, 0.15) is 26.2 Å². The van der Waals surface area contributed by atoms with E-state index in [-0.39, 0.29) is 5.69 Å². The van der Waals surface area contributed by atoms with Gasteiger partial charge in [0, 0.05) is 6.54 Å². The zero-order valence-corrected chi connectivity index (χ0v) is 12.0. The number of methoxy groups -OCH3 is 1. The van der Waals surface area contributed by atoms with Crippen LogP contribution in [0.3, 0.4) is 0 Å². The number of rotatable bonds is 4. The summed E-state index contributed by atoms with van der Waals surface area (Å²) in [7, 11) is 1.43. The third-order valence-corrected chi connectivity index (χ3v) is 4.02. The van der Waals surface area contributed by atoms with E-state index in [2.05, 4.69) is 0 Å². The van der Waals surface area contributed by atoms with E-state index in [1.807, 2.05) is 0 Å². The lowest BCUT2D eigenvalue weighted by Crippen LogP contribution is -2.55. The predicted molar refractivity (Wildman–Crippen MR) is 76.9 cm³/mol.